The van der Waals surface area contributed by atoms with Crippen molar-refractivity contribution >= 4 is 42.8 Å². The van der Waals surface area contributed by atoms with Crippen LogP contribution in [-0.4, -0.2) is 0 Å². The summed E-state index contributed by atoms with van der Waals surface area (Å²) in [6.45, 7) is 4.56. The summed E-state index contributed by atoms with van der Waals surface area (Å²) >= 11 is 3.72. The van der Waals surface area contributed by atoms with Gasteiger partial charge in [0.25, 0.3) is 0 Å². The highest BCUT2D eigenvalue weighted by Crippen LogP contribution is 2.49. The second-order valence-corrected chi connectivity index (χ2v) is 11.5. The van der Waals surface area contributed by atoms with E-state index >= 15 is 0 Å². The van der Waals surface area contributed by atoms with Crippen molar-refractivity contribution in [3.05, 3.63) is 108 Å². The van der Waals surface area contributed by atoms with Gasteiger partial charge in [0.2, 0.25) is 0 Å². The summed E-state index contributed by atoms with van der Waals surface area (Å²) in [7, 11) is 0. The molecule has 0 N–H and O–H groups in total. The molecule has 0 fully saturated rings. The molecule has 164 valence electrons. The average Bonchev–Trinajstić information content (AvgIpc) is 3.49. The van der Waals surface area contributed by atoms with E-state index in [2.05, 4.69) is 105 Å². The molecule has 0 atom stereocenters. The van der Waals surface area contributed by atoms with Gasteiger partial charge in [-0.05, 0) is 42.0 Å². The maximum Gasteiger partial charge on any atom is 0.132 e. The first-order chi connectivity index (χ1) is 16.6. The molecule has 0 radical (unpaired) electrons. The zero-order chi connectivity index (χ0) is 22.9. The van der Waals surface area contributed by atoms with Crippen LogP contribution in [-0.2, 0) is 5.41 Å². The molecule has 1 aliphatic rings. The third-order valence-electron chi connectivity index (χ3n) is 6.99. The molecule has 0 saturated heterocycles. The van der Waals surface area contributed by atoms with Crippen molar-refractivity contribution in [1.29, 1.82) is 0 Å². The lowest BCUT2D eigenvalue weighted by molar-refractivity contribution is 0.418. The monoisotopic (exact) mass is 474 g/mol. The Morgan fingerprint density at radius 3 is 2.32 bits per heavy atom. The zero-order valence-electron chi connectivity index (χ0n) is 19.0. The molecule has 1 aliphatic heterocycles. The molecule has 7 rings (SSSR count). The quantitative estimate of drug-likeness (QED) is 0.243. The van der Waals surface area contributed by atoms with Gasteiger partial charge in [-0.15, -0.1) is 22.7 Å². The van der Waals surface area contributed by atoms with Crippen molar-refractivity contribution in [3.8, 4) is 32.4 Å². The SMILES string of the molecule is CC1(C)c2ccccc2Oc2cc(-c3ccc(-c4cccc5sc6ccccc6c45)s3)ccc21. The summed E-state index contributed by atoms with van der Waals surface area (Å²) in [5.74, 6) is 1.92. The van der Waals surface area contributed by atoms with Crippen molar-refractivity contribution in [2.75, 3.05) is 0 Å². The predicted octanol–water partition coefficient (Wildman–Crippen LogP) is 9.88. The summed E-state index contributed by atoms with van der Waals surface area (Å²) in [4.78, 5) is 2.56. The fourth-order valence-electron chi connectivity index (χ4n) is 5.23. The third-order valence-corrected chi connectivity index (χ3v) is 9.30. The van der Waals surface area contributed by atoms with E-state index in [1.165, 1.54) is 52.2 Å². The molecule has 0 spiro atoms. The van der Waals surface area contributed by atoms with Crippen LogP contribution in [0.4, 0.5) is 0 Å². The van der Waals surface area contributed by atoms with Gasteiger partial charge in [0, 0.05) is 52.0 Å². The molecule has 0 amide bonds. The Morgan fingerprint density at radius 1 is 0.618 bits per heavy atom. The third kappa shape index (κ3) is 2.91. The Labute approximate surface area is 206 Å². The van der Waals surface area contributed by atoms with Crippen LogP contribution < -0.4 is 4.74 Å². The summed E-state index contributed by atoms with van der Waals surface area (Å²) in [5.41, 5.74) is 4.91. The fourth-order valence-corrected chi connectivity index (χ4v) is 7.40. The molecule has 3 heteroatoms. The minimum absolute atomic E-state index is 0.0844. The highest BCUT2D eigenvalue weighted by molar-refractivity contribution is 7.26. The second-order valence-electron chi connectivity index (χ2n) is 9.37. The van der Waals surface area contributed by atoms with Crippen LogP contribution in [0.2, 0.25) is 0 Å². The Kier molecular flexibility index (Phi) is 4.30. The highest BCUT2D eigenvalue weighted by atomic mass is 32.1. The van der Waals surface area contributed by atoms with Crippen molar-refractivity contribution in [3.63, 3.8) is 0 Å². The van der Waals surface area contributed by atoms with Gasteiger partial charge in [0.15, 0.2) is 0 Å². The number of thiophene rings is 2. The number of rotatable bonds is 2. The first-order valence-corrected chi connectivity index (χ1v) is 13.2. The molecule has 34 heavy (non-hydrogen) atoms. The summed E-state index contributed by atoms with van der Waals surface area (Å²) in [6.07, 6.45) is 0. The van der Waals surface area contributed by atoms with Gasteiger partial charge in [-0.3, -0.25) is 0 Å². The first-order valence-electron chi connectivity index (χ1n) is 11.5. The first kappa shape index (κ1) is 20.0. The van der Waals surface area contributed by atoms with E-state index in [0.717, 1.165) is 11.5 Å². The highest BCUT2D eigenvalue weighted by Gasteiger charge is 2.34. The van der Waals surface area contributed by atoms with E-state index in [4.69, 9.17) is 4.74 Å². The van der Waals surface area contributed by atoms with E-state index in [0.29, 0.717) is 0 Å². The number of hydrogen-bond donors (Lipinski definition) is 0. The van der Waals surface area contributed by atoms with Gasteiger partial charge in [-0.2, -0.15) is 0 Å². The number of benzene rings is 4. The Morgan fingerprint density at radius 2 is 1.38 bits per heavy atom. The number of ether oxygens (including phenoxy) is 1. The molecule has 6 aromatic rings. The number of para-hydroxylation sites is 1. The minimum atomic E-state index is -0.0844. The lowest BCUT2D eigenvalue weighted by atomic mass is 9.75. The summed E-state index contributed by atoms with van der Waals surface area (Å²) in [5, 5.41) is 2.71. The molecule has 0 bridgehead atoms. The molecule has 3 heterocycles. The van der Waals surface area contributed by atoms with Crippen LogP contribution in [0.25, 0.3) is 41.1 Å². The number of fused-ring (bicyclic) bond motifs is 5. The van der Waals surface area contributed by atoms with E-state index in [1.54, 1.807) is 0 Å². The molecular formula is C31H22OS2. The van der Waals surface area contributed by atoms with Crippen LogP contribution >= 0.6 is 22.7 Å². The van der Waals surface area contributed by atoms with Crippen LogP contribution in [0.3, 0.4) is 0 Å². The van der Waals surface area contributed by atoms with Crippen LogP contribution in [0.15, 0.2) is 97.1 Å². The van der Waals surface area contributed by atoms with E-state index in [-0.39, 0.29) is 5.41 Å². The van der Waals surface area contributed by atoms with Gasteiger partial charge < -0.3 is 4.74 Å². The van der Waals surface area contributed by atoms with Gasteiger partial charge in [0.05, 0.1) is 0 Å². The Balaban J connectivity index is 1.33. The Hall–Kier alpha value is -3.40. The zero-order valence-corrected chi connectivity index (χ0v) is 20.6. The molecule has 1 nitrogen and oxygen atoms in total. The maximum atomic E-state index is 6.37. The van der Waals surface area contributed by atoms with Crippen LogP contribution in [0, 0.1) is 0 Å². The minimum Gasteiger partial charge on any atom is -0.457 e. The van der Waals surface area contributed by atoms with Gasteiger partial charge >= 0.3 is 0 Å². The van der Waals surface area contributed by atoms with E-state index in [1.807, 2.05) is 28.7 Å². The van der Waals surface area contributed by atoms with Gasteiger partial charge in [0.1, 0.15) is 11.5 Å². The average molecular weight is 475 g/mol. The van der Waals surface area contributed by atoms with Crippen LogP contribution in [0.1, 0.15) is 25.0 Å². The standard InChI is InChI=1S/C31H22OS2/c1-31(2)22-10-4-5-11-24(22)32-25-18-19(14-15-23(25)31)26-16-17-28(33-26)21-9-7-13-29-30(21)20-8-3-6-12-27(20)34-29/h3-18H,1-2H3. The lowest BCUT2D eigenvalue weighted by Gasteiger charge is -2.34. The summed E-state index contributed by atoms with van der Waals surface area (Å²) < 4.78 is 9.06. The smallest absolute Gasteiger partial charge is 0.132 e. The van der Waals surface area contributed by atoms with Crippen molar-refractivity contribution in [2.45, 2.75) is 19.3 Å². The molecule has 0 saturated carbocycles. The molecule has 0 aliphatic carbocycles. The molecule has 4 aromatic carbocycles. The number of hydrogen-bond acceptors (Lipinski definition) is 3. The Bertz CT molecular complexity index is 1720. The van der Waals surface area contributed by atoms with E-state index < -0.39 is 0 Å². The summed E-state index contributed by atoms with van der Waals surface area (Å²) in [6, 6.07) is 35.0. The maximum absolute atomic E-state index is 6.37. The van der Waals surface area contributed by atoms with Crippen molar-refractivity contribution in [2.24, 2.45) is 0 Å². The van der Waals surface area contributed by atoms with Gasteiger partial charge in [-0.1, -0.05) is 74.5 Å². The lowest BCUT2D eigenvalue weighted by Crippen LogP contribution is -2.24. The second kappa shape index (κ2) is 7.30. The van der Waals surface area contributed by atoms with E-state index in [9.17, 15) is 0 Å². The largest absolute Gasteiger partial charge is 0.457 e. The van der Waals surface area contributed by atoms with Crippen molar-refractivity contribution in [1.82, 2.24) is 0 Å². The predicted molar refractivity (Wildman–Crippen MR) is 147 cm³/mol. The fraction of sp³-hybridized carbons (Fsp3) is 0.0968. The molecule has 2 aromatic heterocycles. The van der Waals surface area contributed by atoms with Crippen LogP contribution in [0.5, 0.6) is 11.5 Å². The van der Waals surface area contributed by atoms with Gasteiger partial charge in [-0.25, -0.2) is 0 Å². The molecule has 0 unspecified atom stereocenters. The topological polar surface area (TPSA) is 9.23 Å². The molecular weight excluding hydrogens is 452 g/mol. The normalized spacial score (nSPS) is 14.1. The van der Waals surface area contributed by atoms with Crippen molar-refractivity contribution < 1.29 is 4.74 Å².